The molecule has 0 radical (unpaired) electrons. The van der Waals surface area contributed by atoms with Crippen LogP contribution in [-0.4, -0.2) is 48.9 Å². The monoisotopic (exact) mass is 576 g/mol. The van der Waals surface area contributed by atoms with Gasteiger partial charge in [-0.3, -0.25) is 20.2 Å². The first kappa shape index (κ1) is 27.4. The number of nitrogens with one attached hydrogen (secondary N) is 1. The molecule has 0 bridgehead atoms. The van der Waals surface area contributed by atoms with Gasteiger partial charge in [0, 0.05) is 29.3 Å². The van der Waals surface area contributed by atoms with E-state index in [0.29, 0.717) is 60.9 Å². The van der Waals surface area contributed by atoms with Crippen molar-refractivity contribution in [2.75, 3.05) is 33.3 Å². The van der Waals surface area contributed by atoms with Gasteiger partial charge in [-0.1, -0.05) is 28.6 Å². The van der Waals surface area contributed by atoms with Crippen molar-refractivity contribution >= 4 is 38.3 Å². The van der Waals surface area contributed by atoms with Gasteiger partial charge in [0.15, 0.2) is 29.0 Å². The number of carbonyl (C=O) groups excluding carboxylic acids is 1. The highest BCUT2D eigenvalue weighted by Crippen LogP contribution is 2.41. The summed E-state index contributed by atoms with van der Waals surface area (Å²) in [4.78, 5) is 27.4. The molecular formula is C28H24N4O8S. The molecule has 0 aliphatic heterocycles. The van der Waals surface area contributed by atoms with Crippen molar-refractivity contribution in [2.45, 2.75) is 6.92 Å². The minimum atomic E-state index is -0.477. The predicted molar refractivity (Wildman–Crippen MR) is 152 cm³/mol. The van der Waals surface area contributed by atoms with Gasteiger partial charge in [-0.15, -0.1) is 0 Å². The minimum Gasteiger partial charge on any atom is -0.493 e. The molecule has 1 amide bonds. The first-order valence-corrected chi connectivity index (χ1v) is 13.0. The smallest absolute Gasteiger partial charge is 0.270 e. The Kier molecular flexibility index (Phi) is 7.70. The summed E-state index contributed by atoms with van der Waals surface area (Å²) >= 11 is 1.14. The van der Waals surface area contributed by atoms with E-state index in [9.17, 15) is 14.9 Å². The van der Waals surface area contributed by atoms with Crippen LogP contribution in [0.15, 0.2) is 59.1 Å². The fraction of sp³-hybridized carbons (Fsp3) is 0.179. The maximum absolute atomic E-state index is 12.6. The van der Waals surface area contributed by atoms with E-state index in [1.165, 1.54) is 33.5 Å². The summed E-state index contributed by atoms with van der Waals surface area (Å²) in [5, 5.41) is 18.2. The molecule has 2 aromatic heterocycles. The molecule has 5 aromatic rings. The molecule has 1 N–H and O–H groups in total. The van der Waals surface area contributed by atoms with Crippen molar-refractivity contribution in [3.8, 4) is 45.6 Å². The normalized spacial score (nSPS) is 10.8. The van der Waals surface area contributed by atoms with Gasteiger partial charge in [0.2, 0.25) is 5.75 Å². The zero-order valence-electron chi connectivity index (χ0n) is 22.4. The largest absolute Gasteiger partial charge is 0.493 e. The number of non-ortho nitro benzene ring substituents is 1. The van der Waals surface area contributed by atoms with E-state index in [-0.39, 0.29) is 12.3 Å². The van der Waals surface area contributed by atoms with E-state index in [1.54, 1.807) is 30.3 Å². The molecule has 0 atom stereocenters. The third-order valence-electron chi connectivity index (χ3n) is 6.13. The molecule has 12 nitrogen and oxygen atoms in total. The third-order valence-corrected chi connectivity index (χ3v) is 7.06. The Balaban J connectivity index is 1.29. The van der Waals surface area contributed by atoms with Crippen LogP contribution in [0.5, 0.6) is 23.0 Å². The Morgan fingerprint density at radius 3 is 2.39 bits per heavy atom. The molecule has 0 saturated carbocycles. The number of nitro groups is 1. The van der Waals surface area contributed by atoms with Gasteiger partial charge in [0.05, 0.1) is 36.5 Å². The summed E-state index contributed by atoms with van der Waals surface area (Å²) < 4.78 is 28.3. The average Bonchev–Trinajstić information content (AvgIpc) is 3.62. The molecule has 0 fully saturated rings. The molecule has 210 valence electrons. The first-order chi connectivity index (χ1) is 19.8. The number of anilines is 1. The molecule has 0 saturated heterocycles. The van der Waals surface area contributed by atoms with Gasteiger partial charge in [0.1, 0.15) is 11.4 Å². The average molecular weight is 577 g/mol. The quantitative estimate of drug-likeness (QED) is 0.158. The van der Waals surface area contributed by atoms with Crippen molar-refractivity contribution in [3.63, 3.8) is 0 Å². The van der Waals surface area contributed by atoms with E-state index >= 15 is 0 Å². The molecule has 5 rings (SSSR count). The topological polar surface area (TPSA) is 148 Å². The lowest BCUT2D eigenvalue weighted by atomic mass is 10.1. The summed E-state index contributed by atoms with van der Waals surface area (Å²) in [6.07, 6.45) is 0. The second kappa shape index (κ2) is 11.5. The fourth-order valence-electron chi connectivity index (χ4n) is 4.06. The number of methoxy groups -OCH3 is 3. The van der Waals surface area contributed by atoms with E-state index in [0.717, 1.165) is 16.9 Å². The van der Waals surface area contributed by atoms with Crippen LogP contribution in [0.25, 0.3) is 32.8 Å². The predicted octanol–water partition coefficient (Wildman–Crippen LogP) is 5.88. The number of aromatic nitrogens is 2. The van der Waals surface area contributed by atoms with Crippen molar-refractivity contribution in [1.82, 2.24) is 10.1 Å². The number of nitrogens with zero attached hydrogens (tertiary/aromatic N) is 3. The van der Waals surface area contributed by atoms with Crippen molar-refractivity contribution in [2.24, 2.45) is 0 Å². The summed E-state index contributed by atoms with van der Waals surface area (Å²) in [6, 6.07) is 15.1. The maximum Gasteiger partial charge on any atom is 0.270 e. The van der Waals surface area contributed by atoms with Crippen LogP contribution in [0.3, 0.4) is 0 Å². The highest BCUT2D eigenvalue weighted by molar-refractivity contribution is 7.22. The van der Waals surface area contributed by atoms with Gasteiger partial charge < -0.3 is 23.5 Å². The van der Waals surface area contributed by atoms with E-state index in [2.05, 4.69) is 15.5 Å². The van der Waals surface area contributed by atoms with Crippen LogP contribution >= 0.6 is 11.3 Å². The number of carbonyl (C=O) groups is 1. The first-order valence-electron chi connectivity index (χ1n) is 12.2. The lowest BCUT2D eigenvalue weighted by Gasteiger charge is -2.13. The Labute approximate surface area is 237 Å². The fourth-order valence-corrected chi connectivity index (χ4v) is 4.98. The zero-order chi connectivity index (χ0) is 29.1. The van der Waals surface area contributed by atoms with Crippen LogP contribution in [-0.2, 0) is 4.79 Å². The number of hydrogen-bond acceptors (Lipinski definition) is 11. The molecule has 0 unspecified atom stereocenters. The molecule has 13 heteroatoms. The molecule has 0 aliphatic carbocycles. The molecule has 3 aromatic carbocycles. The van der Waals surface area contributed by atoms with E-state index in [1.807, 2.05) is 19.1 Å². The lowest BCUT2D eigenvalue weighted by molar-refractivity contribution is -0.384. The molecule has 2 heterocycles. The number of benzene rings is 3. The van der Waals surface area contributed by atoms with Crippen LogP contribution in [0.1, 0.15) is 5.56 Å². The lowest BCUT2D eigenvalue weighted by Crippen LogP contribution is -2.20. The van der Waals surface area contributed by atoms with Crippen LogP contribution in [0, 0.1) is 17.0 Å². The Hall–Kier alpha value is -5.17. The minimum absolute atomic E-state index is 0.0416. The number of rotatable bonds is 10. The van der Waals surface area contributed by atoms with Gasteiger partial charge in [-0.2, -0.15) is 0 Å². The van der Waals surface area contributed by atoms with E-state index < -0.39 is 10.8 Å². The molecule has 0 spiro atoms. The van der Waals surface area contributed by atoms with E-state index in [4.69, 9.17) is 23.5 Å². The number of ether oxygens (including phenoxy) is 4. The highest BCUT2D eigenvalue weighted by atomic mass is 32.1. The number of hydrogen-bond donors (Lipinski definition) is 1. The van der Waals surface area contributed by atoms with Crippen molar-refractivity contribution in [3.05, 3.63) is 70.3 Å². The molecule has 0 aliphatic rings. The maximum atomic E-state index is 12.6. The number of thiazole rings is 1. The third kappa shape index (κ3) is 5.75. The highest BCUT2D eigenvalue weighted by Gasteiger charge is 2.18. The second-order valence-corrected chi connectivity index (χ2v) is 9.77. The van der Waals surface area contributed by atoms with Crippen molar-refractivity contribution in [1.29, 1.82) is 0 Å². The second-order valence-electron chi connectivity index (χ2n) is 8.74. The van der Waals surface area contributed by atoms with Gasteiger partial charge in [-0.05, 0) is 36.8 Å². The standard InChI is InChI=1S/C28H24N4O8S/c1-15-5-6-16(22-13-20(31-40-22)17-10-23(36-2)27(38-4)24(11-17)37-3)9-21(15)39-14-26(33)30-28-29-19-8-7-18(32(34)35)12-25(19)41-28/h5-13H,14H2,1-4H3,(H,29,30,33). The number of amides is 1. The Morgan fingerprint density at radius 1 is 0.976 bits per heavy atom. The van der Waals surface area contributed by atoms with Crippen LogP contribution in [0.2, 0.25) is 0 Å². The SMILES string of the molecule is COc1cc(-c2cc(-c3ccc(C)c(OCC(=O)Nc4nc5ccc([N+](=O)[O-])cc5s4)c3)on2)cc(OC)c1OC. The Morgan fingerprint density at radius 2 is 1.71 bits per heavy atom. The van der Waals surface area contributed by atoms with Crippen LogP contribution in [0.4, 0.5) is 10.8 Å². The van der Waals surface area contributed by atoms with Gasteiger partial charge in [0.25, 0.3) is 11.6 Å². The summed E-state index contributed by atoms with van der Waals surface area (Å²) in [7, 11) is 4.61. The number of fused-ring (bicyclic) bond motifs is 1. The van der Waals surface area contributed by atoms with Gasteiger partial charge in [-0.25, -0.2) is 4.98 Å². The zero-order valence-corrected chi connectivity index (χ0v) is 23.2. The van der Waals surface area contributed by atoms with Crippen molar-refractivity contribution < 1.29 is 33.2 Å². The van der Waals surface area contributed by atoms with Gasteiger partial charge >= 0.3 is 0 Å². The summed E-state index contributed by atoms with van der Waals surface area (Å²) in [5.41, 5.74) is 3.29. The number of nitro benzene ring substituents is 1. The summed E-state index contributed by atoms with van der Waals surface area (Å²) in [5.74, 6) is 2.01. The Bertz CT molecular complexity index is 1740. The van der Waals surface area contributed by atoms with Crippen LogP contribution < -0.4 is 24.3 Å². The number of aryl methyl sites for hydroxylation is 1. The summed E-state index contributed by atoms with van der Waals surface area (Å²) in [6.45, 7) is 1.59. The molecular weight excluding hydrogens is 552 g/mol. The molecule has 41 heavy (non-hydrogen) atoms.